The number of nitrogens with one attached hydrogen (secondary N) is 3. The predicted molar refractivity (Wildman–Crippen MR) is 175 cm³/mol. The normalized spacial score (nSPS) is 12.5. The fraction of sp³-hybridized carbons (Fsp3) is 0.212. The molecule has 0 saturated carbocycles. The van der Waals surface area contributed by atoms with Gasteiger partial charge in [0.15, 0.2) is 7.98 Å². The fourth-order valence-corrected chi connectivity index (χ4v) is 5.30. The van der Waals surface area contributed by atoms with Gasteiger partial charge in [-0.05, 0) is 84.1 Å². The average molecular weight is 590 g/mol. The minimum Gasteiger partial charge on any atom is -0.449 e. The Morgan fingerprint density at radius 1 is 1.14 bits per heavy atom. The number of nitrogens with zero attached hydrogens (tertiary/aromatic N) is 3. The highest BCUT2D eigenvalue weighted by atomic mass is 16.5. The molecule has 0 saturated heterocycles. The van der Waals surface area contributed by atoms with E-state index in [4.69, 9.17) is 4.74 Å². The van der Waals surface area contributed by atoms with Crippen molar-refractivity contribution in [2.45, 2.75) is 32.4 Å². The molecule has 0 radical (unpaired) electrons. The molecule has 3 N–H and O–H groups in total. The molecule has 0 aliphatic carbocycles. The van der Waals surface area contributed by atoms with Crippen LogP contribution < -0.4 is 16.2 Å². The van der Waals surface area contributed by atoms with E-state index in [1.165, 1.54) is 0 Å². The van der Waals surface area contributed by atoms with Gasteiger partial charge in [0.25, 0.3) is 5.56 Å². The van der Waals surface area contributed by atoms with Crippen LogP contribution in [0, 0.1) is 6.92 Å². The van der Waals surface area contributed by atoms with E-state index >= 15 is 0 Å². The van der Waals surface area contributed by atoms with Gasteiger partial charge in [0.2, 0.25) is 0 Å². The van der Waals surface area contributed by atoms with Gasteiger partial charge in [-0.15, -0.1) is 0 Å². The molecular formula is C33H35BN6O4. The van der Waals surface area contributed by atoms with E-state index in [1.807, 2.05) is 95.7 Å². The number of aromatic amines is 1. The van der Waals surface area contributed by atoms with E-state index in [-0.39, 0.29) is 18.1 Å². The first-order chi connectivity index (χ1) is 21.2. The zero-order valence-corrected chi connectivity index (χ0v) is 25.2. The van der Waals surface area contributed by atoms with Crippen LogP contribution in [0.2, 0.25) is 0 Å². The third-order valence-electron chi connectivity index (χ3n) is 7.45. The van der Waals surface area contributed by atoms with Gasteiger partial charge in [-0.1, -0.05) is 31.2 Å². The molecular weight excluding hydrogens is 555 g/mol. The number of fused-ring (bicyclic) bond motifs is 1. The number of rotatable bonds is 11. The summed E-state index contributed by atoms with van der Waals surface area (Å²) in [7, 11) is 3.97. The maximum Gasteiger partial charge on any atom is 0.411 e. The van der Waals surface area contributed by atoms with Crippen molar-refractivity contribution in [2.75, 3.05) is 24.3 Å². The summed E-state index contributed by atoms with van der Waals surface area (Å²) >= 11 is 0. The summed E-state index contributed by atoms with van der Waals surface area (Å²) in [4.78, 5) is 41.7. The Kier molecular flexibility index (Phi) is 9.25. The van der Waals surface area contributed by atoms with E-state index < -0.39 is 12.1 Å². The third kappa shape index (κ3) is 7.07. The van der Waals surface area contributed by atoms with E-state index in [1.54, 1.807) is 23.1 Å². The Balaban J connectivity index is 1.21. The maximum absolute atomic E-state index is 12.7. The summed E-state index contributed by atoms with van der Waals surface area (Å²) in [5.41, 5.74) is 5.86. The van der Waals surface area contributed by atoms with Gasteiger partial charge in [0.05, 0.1) is 12.3 Å². The first-order valence-corrected chi connectivity index (χ1v) is 14.4. The van der Waals surface area contributed by atoms with Crippen LogP contribution in [0.5, 0.6) is 0 Å². The van der Waals surface area contributed by atoms with Gasteiger partial charge >= 0.3 is 6.09 Å². The van der Waals surface area contributed by atoms with Crippen molar-refractivity contribution in [3.63, 3.8) is 0 Å². The summed E-state index contributed by atoms with van der Waals surface area (Å²) in [6.45, 7) is 4.82. The second-order valence-electron chi connectivity index (χ2n) is 11.1. The molecule has 44 heavy (non-hydrogen) atoms. The lowest BCUT2D eigenvalue weighted by Gasteiger charge is -2.19. The van der Waals surface area contributed by atoms with Crippen LogP contribution in [0.15, 0.2) is 90.1 Å². The fourth-order valence-electron chi connectivity index (χ4n) is 5.30. The second-order valence-corrected chi connectivity index (χ2v) is 11.1. The number of aldehydes is 1. The Labute approximate surface area is 256 Å². The maximum atomic E-state index is 12.7. The van der Waals surface area contributed by atoms with Crippen LogP contribution in [0.1, 0.15) is 41.1 Å². The van der Waals surface area contributed by atoms with Crippen molar-refractivity contribution in [1.29, 1.82) is 0 Å². The lowest BCUT2D eigenvalue weighted by Crippen LogP contribution is -2.19. The summed E-state index contributed by atoms with van der Waals surface area (Å²) in [5, 5.41) is 11.8. The number of amides is 1. The smallest absolute Gasteiger partial charge is 0.411 e. The molecule has 1 amide bonds. The van der Waals surface area contributed by atoms with Crippen LogP contribution in [0.25, 0.3) is 16.5 Å². The quantitative estimate of drug-likeness (QED) is 0.151. The number of carbonyl (C=O) groups is 2. The van der Waals surface area contributed by atoms with E-state index in [2.05, 4.69) is 25.5 Å². The molecule has 2 atom stereocenters. The van der Waals surface area contributed by atoms with Crippen LogP contribution in [0.3, 0.4) is 0 Å². The van der Waals surface area contributed by atoms with Crippen molar-refractivity contribution in [3.05, 3.63) is 118 Å². The monoisotopic (exact) mass is 590 g/mol. The standard InChI is InChI=1S/C33H35BN6O4/c1-21-15-24(30(19-41)37-27-7-5-23-11-13-35-32(42)29(23)17-27)6-9-28(21)22(2)20-44-33(43)38-26-8-10-31(40-14-4-12-36-40)25(16-26)18-39(3)34/h4-17,19,22,30,37H,18,20,34H2,1-3H3,(H,35,42)(H,38,43)/t22-,30?/m0/s1. The summed E-state index contributed by atoms with van der Waals surface area (Å²) < 4.78 is 7.39. The van der Waals surface area contributed by atoms with Gasteiger partial charge in [-0.2, -0.15) is 5.10 Å². The molecule has 224 valence electrons. The average Bonchev–Trinajstić information content (AvgIpc) is 3.54. The van der Waals surface area contributed by atoms with Crippen LogP contribution in [-0.4, -0.2) is 53.6 Å². The molecule has 3 aromatic carbocycles. The third-order valence-corrected chi connectivity index (χ3v) is 7.45. The van der Waals surface area contributed by atoms with Gasteiger partial charge in [0.1, 0.15) is 12.3 Å². The second kappa shape index (κ2) is 13.4. The molecule has 2 heterocycles. The number of hydrogen-bond donors (Lipinski definition) is 3. The number of ether oxygens (including phenoxy) is 1. The highest BCUT2D eigenvalue weighted by Crippen LogP contribution is 2.27. The molecule has 1 unspecified atom stereocenters. The van der Waals surface area contributed by atoms with Crippen molar-refractivity contribution < 1.29 is 14.3 Å². The molecule has 0 aliphatic rings. The Hall–Kier alpha value is -5.16. The summed E-state index contributed by atoms with van der Waals surface area (Å²) in [6.07, 6.45) is 5.53. The Morgan fingerprint density at radius 2 is 1.95 bits per heavy atom. The summed E-state index contributed by atoms with van der Waals surface area (Å²) in [5.74, 6) is -0.0730. The van der Waals surface area contributed by atoms with Crippen molar-refractivity contribution in [3.8, 4) is 5.69 Å². The topological polar surface area (TPSA) is 121 Å². The number of anilines is 2. The van der Waals surface area contributed by atoms with Gasteiger partial charge in [-0.25, -0.2) is 9.48 Å². The van der Waals surface area contributed by atoms with Crippen molar-refractivity contribution >= 4 is 42.5 Å². The highest BCUT2D eigenvalue weighted by Gasteiger charge is 2.17. The molecule has 5 aromatic rings. The van der Waals surface area contributed by atoms with Crippen LogP contribution in [0.4, 0.5) is 16.2 Å². The lowest BCUT2D eigenvalue weighted by molar-refractivity contribution is -0.108. The molecule has 0 fully saturated rings. The highest BCUT2D eigenvalue weighted by molar-refractivity contribution is 6.04. The van der Waals surface area contributed by atoms with Crippen molar-refractivity contribution in [2.24, 2.45) is 0 Å². The number of carbonyl (C=O) groups excluding carboxylic acids is 2. The van der Waals surface area contributed by atoms with Crippen LogP contribution >= 0.6 is 0 Å². The van der Waals surface area contributed by atoms with E-state index in [0.29, 0.717) is 23.3 Å². The lowest BCUT2D eigenvalue weighted by atomic mass is 9.93. The first kappa shape index (κ1) is 30.3. The predicted octanol–water partition coefficient (Wildman–Crippen LogP) is 4.71. The number of aromatic nitrogens is 3. The number of pyridine rings is 1. The minimum absolute atomic E-state index is 0.0730. The Morgan fingerprint density at radius 3 is 2.68 bits per heavy atom. The summed E-state index contributed by atoms with van der Waals surface area (Å²) in [6, 6.07) is 20.0. The van der Waals surface area contributed by atoms with E-state index in [0.717, 1.165) is 39.6 Å². The molecule has 0 spiro atoms. The number of hydrogen-bond acceptors (Lipinski definition) is 7. The Bertz CT molecular complexity index is 1840. The first-order valence-electron chi connectivity index (χ1n) is 14.4. The zero-order valence-electron chi connectivity index (χ0n) is 25.2. The number of benzene rings is 3. The molecule has 2 aromatic heterocycles. The zero-order chi connectivity index (χ0) is 31.2. The van der Waals surface area contributed by atoms with E-state index in [9.17, 15) is 14.4 Å². The SMILES string of the molecule is BN(C)Cc1cc(NC(=O)OC[C@H](C)c2ccc(C(C=O)Nc3ccc4cc[nH]c(=O)c4c3)cc2C)ccc1-n1cccn1. The molecule has 11 heteroatoms. The van der Waals surface area contributed by atoms with Gasteiger partial charge in [-0.3, -0.25) is 10.1 Å². The molecule has 0 bridgehead atoms. The minimum atomic E-state index is -0.600. The van der Waals surface area contributed by atoms with Gasteiger partial charge < -0.3 is 24.6 Å². The number of H-pyrrole nitrogens is 1. The van der Waals surface area contributed by atoms with Gasteiger partial charge in [0, 0.05) is 47.8 Å². The molecule has 0 aliphatic heterocycles. The molecule has 10 nitrogen and oxygen atoms in total. The number of aryl methyl sites for hydroxylation is 1. The molecule has 5 rings (SSSR count). The van der Waals surface area contributed by atoms with Crippen LogP contribution in [-0.2, 0) is 16.1 Å². The largest absolute Gasteiger partial charge is 0.449 e. The van der Waals surface area contributed by atoms with Crippen molar-refractivity contribution in [1.82, 2.24) is 19.6 Å².